The van der Waals surface area contributed by atoms with Gasteiger partial charge in [0.2, 0.25) is 5.91 Å². The van der Waals surface area contributed by atoms with Gasteiger partial charge in [0.05, 0.1) is 28.5 Å². The van der Waals surface area contributed by atoms with E-state index in [-0.39, 0.29) is 5.91 Å². The molecule has 0 aliphatic heterocycles. The lowest BCUT2D eigenvalue weighted by Gasteiger charge is -2.13. The number of halogens is 2. The minimum atomic E-state index is -0.409. The predicted molar refractivity (Wildman–Crippen MR) is 98.1 cm³/mol. The van der Waals surface area contributed by atoms with Crippen LogP contribution in [0.4, 0.5) is 5.69 Å². The van der Waals surface area contributed by atoms with Crippen molar-refractivity contribution in [2.45, 2.75) is 26.4 Å². The number of amides is 1. The van der Waals surface area contributed by atoms with Gasteiger partial charge < -0.3 is 5.32 Å². The van der Waals surface area contributed by atoms with Crippen LogP contribution in [-0.2, 0) is 11.3 Å². The lowest BCUT2D eigenvalue weighted by atomic mass is 10.2. The van der Waals surface area contributed by atoms with Crippen molar-refractivity contribution in [1.29, 1.82) is 0 Å². The normalized spacial score (nSPS) is 12.2. The van der Waals surface area contributed by atoms with Gasteiger partial charge in [0, 0.05) is 18.1 Å². The highest BCUT2D eigenvalue weighted by Gasteiger charge is 2.17. The summed E-state index contributed by atoms with van der Waals surface area (Å²) in [5, 5.41) is 12.3. The number of carbonyl (C=O) groups is 1. The zero-order valence-electron chi connectivity index (χ0n) is 13.8. The number of hydrogen-bond acceptors (Lipinski definition) is 3. The molecule has 130 valence electrons. The van der Waals surface area contributed by atoms with Crippen LogP contribution in [0.3, 0.4) is 0 Å². The Hall–Kier alpha value is -2.31. The van der Waals surface area contributed by atoms with Crippen molar-refractivity contribution in [3.63, 3.8) is 0 Å². The van der Waals surface area contributed by atoms with Crippen LogP contribution in [0.1, 0.15) is 24.2 Å². The van der Waals surface area contributed by atoms with E-state index < -0.39 is 6.04 Å². The first-order chi connectivity index (χ1) is 11.9. The van der Waals surface area contributed by atoms with Gasteiger partial charge in [-0.3, -0.25) is 14.2 Å². The Kier molecular flexibility index (Phi) is 5.11. The number of aryl methyl sites for hydroxylation is 1. The molecule has 0 aliphatic carbocycles. The van der Waals surface area contributed by atoms with Crippen LogP contribution in [0.15, 0.2) is 42.9 Å². The molecule has 0 aliphatic rings. The molecule has 3 aromatic rings. The zero-order valence-corrected chi connectivity index (χ0v) is 15.3. The van der Waals surface area contributed by atoms with E-state index in [1.54, 1.807) is 47.0 Å². The predicted octanol–water partition coefficient (Wildman–Crippen LogP) is 3.94. The third-order valence-electron chi connectivity index (χ3n) is 3.84. The quantitative estimate of drug-likeness (QED) is 0.731. The molecule has 6 nitrogen and oxygen atoms in total. The summed E-state index contributed by atoms with van der Waals surface area (Å²) < 4.78 is 3.40. The Labute approximate surface area is 155 Å². The van der Waals surface area contributed by atoms with E-state index in [4.69, 9.17) is 23.2 Å². The highest BCUT2D eigenvalue weighted by molar-refractivity contribution is 6.42. The maximum absolute atomic E-state index is 12.4. The van der Waals surface area contributed by atoms with E-state index in [2.05, 4.69) is 15.5 Å². The topological polar surface area (TPSA) is 64.7 Å². The number of nitrogens with one attached hydrogen (secondary N) is 1. The number of benzene rings is 1. The molecule has 1 atom stereocenters. The molecule has 0 bridgehead atoms. The second-order valence-corrected chi connectivity index (χ2v) is 6.57. The number of hydrogen-bond donors (Lipinski definition) is 1. The number of nitrogens with zero attached hydrogens (tertiary/aromatic N) is 4. The standard InChI is InChI=1S/C17H17Cl2N5O/c1-11-5-6-20-24(11)12(2)17(25)22-14-8-21-23(10-14)9-13-3-4-15(18)16(19)7-13/h3-8,10,12H,9H2,1-2H3,(H,22,25). The Bertz CT molecular complexity index is 902. The van der Waals surface area contributed by atoms with Crippen LogP contribution in [-0.4, -0.2) is 25.5 Å². The third-order valence-corrected chi connectivity index (χ3v) is 4.58. The highest BCUT2D eigenvalue weighted by atomic mass is 35.5. The number of carbonyl (C=O) groups excluding carboxylic acids is 1. The van der Waals surface area contributed by atoms with E-state index in [1.807, 2.05) is 19.1 Å². The molecule has 2 heterocycles. The van der Waals surface area contributed by atoms with E-state index in [0.29, 0.717) is 22.3 Å². The Morgan fingerprint density at radius 3 is 2.72 bits per heavy atom. The van der Waals surface area contributed by atoms with E-state index >= 15 is 0 Å². The molecule has 2 aromatic heterocycles. The maximum atomic E-state index is 12.4. The van der Waals surface area contributed by atoms with Gasteiger partial charge in [0.15, 0.2) is 0 Å². The van der Waals surface area contributed by atoms with E-state index in [9.17, 15) is 4.79 Å². The second kappa shape index (κ2) is 7.29. The summed E-state index contributed by atoms with van der Waals surface area (Å²) in [6.07, 6.45) is 5.05. The fraction of sp³-hybridized carbons (Fsp3) is 0.235. The van der Waals surface area contributed by atoms with Crippen molar-refractivity contribution >= 4 is 34.8 Å². The van der Waals surface area contributed by atoms with Gasteiger partial charge in [0.25, 0.3) is 0 Å². The molecule has 0 saturated carbocycles. The van der Waals surface area contributed by atoms with Crippen molar-refractivity contribution in [2.24, 2.45) is 0 Å². The summed E-state index contributed by atoms with van der Waals surface area (Å²) in [7, 11) is 0. The van der Waals surface area contributed by atoms with E-state index in [1.165, 1.54) is 0 Å². The lowest BCUT2D eigenvalue weighted by molar-refractivity contribution is -0.119. The van der Waals surface area contributed by atoms with Gasteiger partial charge in [-0.2, -0.15) is 10.2 Å². The maximum Gasteiger partial charge on any atom is 0.249 e. The summed E-state index contributed by atoms with van der Waals surface area (Å²) in [4.78, 5) is 12.4. The van der Waals surface area contributed by atoms with Crippen molar-refractivity contribution in [2.75, 3.05) is 5.32 Å². The van der Waals surface area contributed by atoms with Crippen molar-refractivity contribution in [3.8, 4) is 0 Å². The van der Waals surface area contributed by atoms with Gasteiger partial charge in [0.1, 0.15) is 6.04 Å². The first-order valence-electron chi connectivity index (χ1n) is 7.71. The summed E-state index contributed by atoms with van der Waals surface area (Å²) in [5.41, 5.74) is 2.52. The van der Waals surface area contributed by atoms with Gasteiger partial charge in [-0.05, 0) is 37.6 Å². The molecule has 0 saturated heterocycles. The number of anilines is 1. The second-order valence-electron chi connectivity index (χ2n) is 5.76. The molecule has 1 unspecified atom stereocenters. The fourth-order valence-electron chi connectivity index (χ4n) is 2.48. The molecule has 1 amide bonds. The molecule has 25 heavy (non-hydrogen) atoms. The molecule has 1 aromatic carbocycles. The van der Waals surface area contributed by atoms with Crippen LogP contribution in [0.5, 0.6) is 0 Å². The Morgan fingerprint density at radius 2 is 2.04 bits per heavy atom. The average Bonchev–Trinajstić information content (AvgIpc) is 3.19. The first-order valence-corrected chi connectivity index (χ1v) is 8.47. The molecule has 3 rings (SSSR count). The monoisotopic (exact) mass is 377 g/mol. The zero-order chi connectivity index (χ0) is 18.0. The molecule has 0 radical (unpaired) electrons. The fourth-order valence-corrected chi connectivity index (χ4v) is 2.80. The minimum Gasteiger partial charge on any atom is -0.322 e. The smallest absolute Gasteiger partial charge is 0.249 e. The first kappa shape index (κ1) is 17.5. The van der Waals surface area contributed by atoms with Gasteiger partial charge >= 0.3 is 0 Å². The number of aromatic nitrogens is 4. The van der Waals surface area contributed by atoms with Gasteiger partial charge in [-0.15, -0.1) is 0 Å². The van der Waals surface area contributed by atoms with Crippen LogP contribution in [0.25, 0.3) is 0 Å². The summed E-state index contributed by atoms with van der Waals surface area (Å²) in [5.74, 6) is -0.152. The van der Waals surface area contributed by atoms with E-state index in [0.717, 1.165) is 11.3 Å². The minimum absolute atomic E-state index is 0.152. The molecule has 1 N–H and O–H groups in total. The van der Waals surface area contributed by atoms with Gasteiger partial charge in [-0.1, -0.05) is 29.3 Å². The summed E-state index contributed by atoms with van der Waals surface area (Å²) in [6, 6.07) is 6.88. The highest BCUT2D eigenvalue weighted by Crippen LogP contribution is 2.23. The van der Waals surface area contributed by atoms with Crippen molar-refractivity contribution < 1.29 is 4.79 Å². The molecular weight excluding hydrogens is 361 g/mol. The summed E-state index contributed by atoms with van der Waals surface area (Å²) in [6.45, 7) is 4.24. The van der Waals surface area contributed by atoms with Crippen LogP contribution >= 0.6 is 23.2 Å². The largest absolute Gasteiger partial charge is 0.322 e. The summed E-state index contributed by atoms with van der Waals surface area (Å²) >= 11 is 11.9. The number of rotatable bonds is 5. The third kappa shape index (κ3) is 4.03. The van der Waals surface area contributed by atoms with Crippen LogP contribution in [0.2, 0.25) is 10.0 Å². The van der Waals surface area contributed by atoms with Gasteiger partial charge in [-0.25, -0.2) is 0 Å². The average molecular weight is 378 g/mol. The lowest BCUT2D eigenvalue weighted by Crippen LogP contribution is -2.25. The molecular formula is C17H17Cl2N5O. The SMILES string of the molecule is Cc1ccnn1C(C)C(=O)Nc1cnn(Cc2ccc(Cl)c(Cl)c2)c1. The molecule has 0 fully saturated rings. The molecule has 8 heteroatoms. The van der Waals surface area contributed by atoms with Crippen molar-refractivity contribution in [3.05, 3.63) is 64.2 Å². The van der Waals surface area contributed by atoms with Crippen molar-refractivity contribution in [1.82, 2.24) is 19.6 Å². The Balaban J connectivity index is 1.66. The van der Waals surface area contributed by atoms with Crippen LogP contribution < -0.4 is 5.32 Å². The Morgan fingerprint density at radius 1 is 1.24 bits per heavy atom. The van der Waals surface area contributed by atoms with Crippen LogP contribution in [0, 0.1) is 6.92 Å². The molecule has 0 spiro atoms.